The summed E-state index contributed by atoms with van der Waals surface area (Å²) in [5.41, 5.74) is 2.01. The number of nitrogens with two attached hydrogens (primary N) is 1. The van der Waals surface area contributed by atoms with Gasteiger partial charge in [-0.2, -0.15) is 0 Å². The van der Waals surface area contributed by atoms with E-state index in [1.807, 2.05) is 0 Å². The smallest absolute Gasteiger partial charge is 0.258 e. The Morgan fingerprint density at radius 3 is 2.42 bits per heavy atom. The largest absolute Gasteiger partial charge is 0.270 e. The zero-order valence-corrected chi connectivity index (χ0v) is 13.8. The van der Waals surface area contributed by atoms with Crippen molar-refractivity contribution < 1.29 is 13.3 Å². The summed E-state index contributed by atoms with van der Waals surface area (Å²) in [6.07, 6.45) is 0. The molecule has 0 aliphatic carbocycles. The minimum atomic E-state index is -3.73. The van der Waals surface area contributed by atoms with Crippen LogP contribution in [0.2, 0.25) is 0 Å². The van der Waals surface area contributed by atoms with E-state index in [0.29, 0.717) is 16.3 Å². The molecule has 0 amide bonds. The molecule has 3 rings (SSSR count). The van der Waals surface area contributed by atoms with Crippen LogP contribution in [0.1, 0.15) is 0 Å². The quantitative estimate of drug-likeness (QED) is 0.566. The lowest BCUT2D eigenvalue weighted by molar-refractivity contribution is -0.384. The van der Waals surface area contributed by atoms with E-state index < -0.39 is 14.9 Å². The molecule has 0 aliphatic heterocycles. The Bertz CT molecular complexity index is 1010. The zero-order valence-electron chi connectivity index (χ0n) is 12.1. The van der Waals surface area contributed by atoms with E-state index in [2.05, 4.69) is 4.98 Å². The van der Waals surface area contributed by atoms with Crippen molar-refractivity contribution in [3.05, 3.63) is 64.0 Å². The Balaban J connectivity index is 1.93. The number of aromatic nitrogens is 1. The molecule has 7 nitrogen and oxygen atoms in total. The molecule has 0 fully saturated rings. The van der Waals surface area contributed by atoms with Gasteiger partial charge in [-0.15, -0.1) is 11.3 Å². The number of hydrogen-bond donors (Lipinski definition) is 1. The molecule has 2 aromatic carbocycles. The average molecular weight is 361 g/mol. The first kappa shape index (κ1) is 16.2. The van der Waals surface area contributed by atoms with Crippen LogP contribution < -0.4 is 5.14 Å². The Kier molecular flexibility index (Phi) is 4.14. The second-order valence-corrected chi connectivity index (χ2v) is 7.33. The molecule has 0 saturated carbocycles. The number of thiazole rings is 1. The van der Waals surface area contributed by atoms with Crippen LogP contribution >= 0.6 is 11.3 Å². The molecule has 0 bridgehead atoms. The maximum absolute atomic E-state index is 11.3. The number of non-ortho nitro benzene ring substituents is 1. The minimum Gasteiger partial charge on any atom is -0.258 e. The van der Waals surface area contributed by atoms with Crippen LogP contribution in [0.15, 0.2) is 58.8 Å². The number of nitro benzene ring substituents is 1. The predicted molar refractivity (Wildman–Crippen MR) is 91.0 cm³/mol. The molecule has 0 unspecified atom stereocenters. The van der Waals surface area contributed by atoms with Gasteiger partial charge < -0.3 is 0 Å². The van der Waals surface area contributed by atoms with E-state index in [1.54, 1.807) is 29.6 Å². The fourth-order valence-corrected chi connectivity index (χ4v) is 3.46. The Labute approximate surface area is 141 Å². The van der Waals surface area contributed by atoms with Crippen molar-refractivity contribution >= 4 is 27.0 Å². The summed E-state index contributed by atoms with van der Waals surface area (Å²) in [5, 5.41) is 18.4. The molecular weight excluding hydrogens is 350 g/mol. The third-order valence-corrected chi connectivity index (χ3v) is 5.11. The first-order chi connectivity index (χ1) is 11.3. The van der Waals surface area contributed by atoms with Crippen LogP contribution in [0.4, 0.5) is 5.69 Å². The van der Waals surface area contributed by atoms with Crippen LogP contribution in [-0.2, 0) is 10.0 Å². The van der Waals surface area contributed by atoms with Gasteiger partial charge in [0, 0.05) is 28.6 Å². The highest BCUT2D eigenvalue weighted by Crippen LogP contribution is 2.30. The van der Waals surface area contributed by atoms with E-state index in [-0.39, 0.29) is 10.6 Å². The van der Waals surface area contributed by atoms with Gasteiger partial charge >= 0.3 is 0 Å². The number of nitrogens with zero attached hydrogens (tertiary/aromatic N) is 2. The predicted octanol–water partition coefficient (Wildman–Crippen LogP) is 3.03. The number of sulfonamides is 1. The standard InChI is InChI=1S/C15H11N3O4S2/c16-24(21,22)13-6-4-10(5-7-13)15-17-14(9-23-15)11-2-1-3-12(8-11)18(19)20/h1-9H,(H2,16,21,22). The summed E-state index contributed by atoms with van der Waals surface area (Å²) in [7, 11) is -3.73. The summed E-state index contributed by atoms with van der Waals surface area (Å²) in [6, 6.07) is 12.3. The summed E-state index contributed by atoms with van der Waals surface area (Å²) in [6.45, 7) is 0. The highest BCUT2D eigenvalue weighted by molar-refractivity contribution is 7.89. The Morgan fingerprint density at radius 2 is 1.79 bits per heavy atom. The number of primary sulfonamides is 1. The fourth-order valence-electron chi connectivity index (χ4n) is 2.10. The van der Waals surface area contributed by atoms with Crippen LogP contribution in [-0.4, -0.2) is 18.3 Å². The monoisotopic (exact) mass is 361 g/mol. The normalized spacial score (nSPS) is 11.4. The van der Waals surface area contributed by atoms with Crippen LogP contribution in [0, 0.1) is 10.1 Å². The summed E-state index contributed by atoms with van der Waals surface area (Å²) < 4.78 is 22.5. The van der Waals surface area contributed by atoms with Crippen LogP contribution in [0.5, 0.6) is 0 Å². The van der Waals surface area contributed by atoms with Gasteiger partial charge in [0.25, 0.3) is 5.69 Å². The molecule has 9 heteroatoms. The first-order valence-electron chi connectivity index (χ1n) is 6.68. The van der Waals surface area contributed by atoms with Gasteiger partial charge in [-0.05, 0) is 12.1 Å². The molecule has 0 radical (unpaired) electrons. The van der Waals surface area contributed by atoms with Gasteiger partial charge in [-0.3, -0.25) is 10.1 Å². The molecule has 24 heavy (non-hydrogen) atoms. The SMILES string of the molecule is NS(=O)(=O)c1ccc(-c2nc(-c3cccc([N+](=O)[O-])c3)cs2)cc1. The summed E-state index contributed by atoms with van der Waals surface area (Å²) in [5.74, 6) is 0. The number of rotatable bonds is 4. The molecule has 0 spiro atoms. The van der Waals surface area contributed by atoms with Gasteiger partial charge in [0.1, 0.15) is 5.01 Å². The number of benzene rings is 2. The molecule has 0 aliphatic rings. The highest BCUT2D eigenvalue weighted by atomic mass is 32.2. The molecule has 0 atom stereocenters. The van der Waals surface area contributed by atoms with Crippen molar-refractivity contribution in [1.82, 2.24) is 4.98 Å². The lowest BCUT2D eigenvalue weighted by Crippen LogP contribution is -2.11. The lowest BCUT2D eigenvalue weighted by atomic mass is 10.1. The van der Waals surface area contributed by atoms with Crippen molar-refractivity contribution in [3.63, 3.8) is 0 Å². The molecule has 0 saturated heterocycles. The third-order valence-electron chi connectivity index (χ3n) is 3.29. The topological polar surface area (TPSA) is 116 Å². The van der Waals surface area contributed by atoms with Gasteiger partial charge in [-0.25, -0.2) is 18.5 Å². The van der Waals surface area contributed by atoms with E-state index >= 15 is 0 Å². The average Bonchev–Trinajstić information content (AvgIpc) is 3.04. The summed E-state index contributed by atoms with van der Waals surface area (Å²) in [4.78, 5) is 14.9. The minimum absolute atomic E-state index is 0.000412. The first-order valence-corrected chi connectivity index (χ1v) is 9.11. The third kappa shape index (κ3) is 3.32. The summed E-state index contributed by atoms with van der Waals surface area (Å²) >= 11 is 1.36. The van der Waals surface area contributed by atoms with E-state index in [0.717, 1.165) is 5.56 Å². The maximum atomic E-state index is 11.3. The van der Waals surface area contributed by atoms with Crippen molar-refractivity contribution in [2.45, 2.75) is 4.90 Å². The molecule has 122 valence electrons. The number of hydrogen-bond acceptors (Lipinski definition) is 6. The van der Waals surface area contributed by atoms with Gasteiger partial charge in [0.15, 0.2) is 0 Å². The van der Waals surface area contributed by atoms with Gasteiger partial charge in [0.2, 0.25) is 10.0 Å². The van der Waals surface area contributed by atoms with Crippen molar-refractivity contribution in [3.8, 4) is 21.8 Å². The van der Waals surface area contributed by atoms with Gasteiger partial charge in [0.05, 0.1) is 15.5 Å². The fraction of sp³-hybridized carbons (Fsp3) is 0. The van der Waals surface area contributed by atoms with Crippen LogP contribution in [0.3, 0.4) is 0 Å². The Morgan fingerprint density at radius 1 is 1.08 bits per heavy atom. The highest BCUT2D eigenvalue weighted by Gasteiger charge is 2.12. The van der Waals surface area contributed by atoms with E-state index in [9.17, 15) is 18.5 Å². The number of nitro groups is 1. The second-order valence-electron chi connectivity index (χ2n) is 4.91. The Hall–Kier alpha value is -2.62. The van der Waals surface area contributed by atoms with Crippen LogP contribution in [0.25, 0.3) is 21.8 Å². The van der Waals surface area contributed by atoms with E-state index in [1.165, 1.54) is 35.6 Å². The zero-order chi connectivity index (χ0) is 17.3. The molecule has 1 heterocycles. The lowest BCUT2D eigenvalue weighted by Gasteiger charge is -2.00. The van der Waals surface area contributed by atoms with Crippen molar-refractivity contribution in [2.75, 3.05) is 0 Å². The van der Waals surface area contributed by atoms with Crippen molar-refractivity contribution in [2.24, 2.45) is 5.14 Å². The molecule has 1 aromatic heterocycles. The maximum Gasteiger partial charge on any atom is 0.270 e. The van der Waals surface area contributed by atoms with Crippen molar-refractivity contribution in [1.29, 1.82) is 0 Å². The second kappa shape index (κ2) is 6.11. The van der Waals surface area contributed by atoms with E-state index in [4.69, 9.17) is 5.14 Å². The molecule has 2 N–H and O–H groups in total. The van der Waals surface area contributed by atoms with Gasteiger partial charge in [-0.1, -0.05) is 24.3 Å². The molecular formula is C15H11N3O4S2. The molecule has 3 aromatic rings.